The lowest BCUT2D eigenvalue weighted by Gasteiger charge is -2.07. The molecule has 0 aliphatic rings. The average Bonchev–Trinajstić information content (AvgIpc) is 2.28. The van der Waals surface area contributed by atoms with Crippen molar-refractivity contribution in [2.75, 3.05) is 6.61 Å². The van der Waals surface area contributed by atoms with E-state index in [0.29, 0.717) is 0 Å². The molecule has 17 heavy (non-hydrogen) atoms. The number of nitrogens with zero attached hydrogens (tertiary/aromatic N) is 2. The Kier molecular flexibility index (Phi) is 4.52. The van der Waals surface area contributed by atoms with Crippen LogP contribution in [0.5, 0.6) is 0 Å². The monoisotopic (exact) mass is 304 g/mol. The summed E-state index contributed by atoms with van der Waals surface area (Å²) in [5, 5.41) is 8.71. The van der Waals surface area contributed by atoms with Crippen LogP contribution in [0.15, 0.2) is 10.5 Å². The fourth-order valence-electron chi connectivity index (χ4n) is 1.11. The van der Waals surface area contributed by atoms with Crippen LogP contribution in [0.25, 0.3) is 0 Å². The van der Waals surface area contributed by atoms with Gasteiger partial charge in [0, 0.05) is 4.47 Å². The SMILES string of the molecule is CCOC(=O)c1cc(Br)c(C#N)c(C(F)F)n1. The van der Waals surface area contributed by atoms with E-state index >= 15 is 0 Å². The first kappa shape index (κ1) is 13.5. The smallest absolute Gasteiger partial charge is 0.356 e. The molecule has 0 aliphatic carbocycles. The van der Waals surface area contributed by atoms with Gasteiger partial charge in [-0.2, -0.15) is 5.26 Å². The fourth-order valence-corrected chi connectivity index (χ4v) is 1.62. The van der Waals surface area contributed by atoms with E-state index in [0.717, 1.165) is 0 Å². The van der Waals surface area contributed by atoms with Crippen molar-refractivity contribution in [3.63, 3.8) is 0 Å². The highest BCUT2D eigenvalue weighted by Crippen LogP contribution is 2.27. The molecule has 0 aliphatic heterocycles. The Labute approximate surface area is 104 Å². The van der Waals surface area contributed by atoms with Gasteiger partial charge in [-0.3, -0.25) is 0 Å². The summed E-state index contributed by atoms with van der Waals surface area (Å²) in [5.74, 6) is -0.806. The Balaban J connectivity index is 3.30. The molecule has 90 valence electrons. The van der Waals surface area contributed by atoms with Gasteiger partial charge in [0.1, 0.15) is 17.5 Å². The Bertz CT molecular complexity index is 486. The largest absolute Gasteiger partial charge is 0.461 e. The lowest BCUT2D eigenvalue weighted by Crippen LogP contribution is -2.10. The number of esters is 1. The number of halogens is 3. The van der Waals surface area contributed by atoms with Crippen LogP contribution < -0.4 is 0 Å². The third-order valence-electron chi connectivity index (χ3n) is 1.80. The van der Waals surface area contributed by atoms with E-state index < -0.39 is 18.1 Å². The average molecular weight is 305 g/mol. The molecule has 0 unspecified atom stereocenters. The summed E-state index contributed by atoms with van der Waals surface area (Å²) < 4.78 is 30.0. The van der Waals surface area contributed by atoms with Gasteiger partial charge in [0.2, 0.25) is 0 Å². The van der Waals surface area contributed by atoms with Crippen molar-refractivity contribution >= 4 is 21.9 Å². The zero-order valence-corrected chi connectivity index (χ0v) is 10.3. The maximum atomic E-state index is 12.6. The van der Waals surface area contributed by atoms with Crippen molar-refractivity contribution < 1.29 is 18.3 Å². The number of alkyl halides is 2. The summed E-state index contributed by atoms with van der Waals surface area (Å²) in [6.45, 7) is 1.70. The Morgan fingerprint density at radius 3 is 2.82 bits per heavy atom. The van der Waals surface area contributed by atoms with Crippen molar-refractivity contribution in [3.8, 4) is 6.07 Å². The number of aromatic nitrogens is 1. The number of pyridine rings is 1. The summed E-state index contributed by atoms with van der Waals surface area (Å²) in [6, 6.07) is 2.78. The zero-order chi connectivity index (χ0) is 13.0. The summed E-state index contributed by atoms with van der Waals surface area (Å²) in [5.41, 5.74) is -1.27. The molecule has 0 saturated carbocycles. The molecule has 0 N–H and O–H groups in total. The Hall–Kier alpha value is -1.55. The normalized spacial score (nSPS) is 10.1. The summed E-state index contributed by atoms with van der Waals surface area (Å²) in [4.78, 5) is 14.8. The molecule has 0 spiro atoms. The van der Waals surface area contributed by atoms with Crippen LogP contribution >= 0.6 is 15.9 Å². The van der Waals surface area contributed by atoms with Crippen molar-refractivity contribution in [2.24, 2.45) is 0 Å². The van der Waals surface area contributed by atoms with Crippen LogP contribution in [0.2, 0.25) is 0 Å². The molecular weight excluding hydrogens is 298 g/mol. The number of hydrogen-bond acceptors (Lipinski definition) is 4. The third kappa shape index (κ3) is 2.97. The highest BCUT2D eigenvalue weighted by Gasteiger charge is 2.21. The molecule has 7 heteroatoms. The van der Waals surface area contributed by atoms with E-state index in [2.05, 4.69) is 25.7 Å². The van der Waals surface area contributed by atoms with Crippen molar-refractivity contribution in [1.29, 1.82) is 5.26 Å². The number of hydrogen-bond donors (Lipinski definition) is 0. The van der Waals surface area contributed by atoms with E-state index in [-0.39, 0.29) is 22.3 Å². The molecule has 0 radical (unpaired) electrons. The molecule has 1 heterocycles. The van der Waals surface area contributed by atoms with E-state index in [9.17, 15) is 13.6 Å². The zero-order valence-electron chi connectivity index (χ0n) is 8.71. The molecule has 0 atom stereocenters. The summed E-state index contributed by atoms with van der Waals surface area (Å²) in [7, 11) is 0. The van der Waals surface area contributed by atoms with Gasteiger partial charge in [0.25, 0.3) is 6.43 Å². The lowest BCUT2D eigenvalue weighted by molar-refractivity contribution is 0.0517. The quantitative estimate of drug-likeness (QED) is 0.806. The minimum absolute atomic E-state index is 0.0911. The first-order valence-electron chi connectivity index (χ1n) is 4.57. The van der Waals surface area contributed by atoms with Crippen molar-refractivity contribution in [3.05, 3.63) is 27.5 Å². The molecule has 0 aromatic carbocycles. The van der Waals surface area contributed by atoms with Gasteiger partial charge < -0.3 is 4.74 Å². The predicted octanol–water partition coefficient (Wildman–Crippen LogP) is 2.83. The van der Waals surface area contributed by atoms with Crippen LogP contribution in [0.4, 0.5) is 8.78 Å². The van der Waals surface area contributed by atoms with Gasteiger partial charge >= 0.3 is 5.97 Å². The van der Waals surface area contributed by atoms with Crippen LogP contribution in [0.3, 0.4) is 0 Å². The molecule has 0 amide bonds. The summed E-state index contributed by atoms with van der Waals surface area (Å²) >= 11 is 2.94. The van der Waals surface area contributed by atoms with E-state index in [1.54, 1.807) is 13.0 Å². The van der Waals surface area contributed by atoms with E-state index in [1.165, 1.54) is 6.07 Å². The van der Waals surface area contributed by atoms with Gasteiger partial charge in [-0.05, 0) is 28.9 Å². The molecule has 1 aromatic heterocycles. The Morgan fingerprint density at radius 2 is 2.35 bits per heavy atom. The minimum atomic E-state index is -2.93. The van der Waals surface area contributed by atoms with Crippen molar-refractivity contribution in [2.45, 2.75) is 13.3 Å². The second-order valence-electron chi connectivity index (χ2n) is 2.88. The van der Waals surface area contributed by atoms with Gasteiger partial charge in [0.15, 0.2) is 0 Å². The van der Waals surface area contributed by atoms with Gasteiger partial charge in [-0.25, -0.2) is 18.6 Å². The highest BCUT2D eigenvalue weighted by atomic mass is 79.9. The first-order valence-corrected chi connectivity index (χ1v) is 5.36. The lowest BCUT2D eigenvalue weighted by atomic mass is 10.2. The maximum absolute atomic E-state index is 12.6. The molecule has 1 aromatic rings. The van der Waals surface area contributed by atoms with E-state index in [4.69, 9.17) is 5.26 Å². The summed E-state index contributed by atoms with van der Waals surface area (Å²) in [6.07, 6.45) is -2.93. The molecule has 0 saturated heterocycles. The molecule has 4 nitrogen and oxygen atoms in total. The van der Waals surface area contributed by atoms with Gasteiger partial charge in [-0.15, -0.1) is 0 Å². The number of carbonyl (C=O) groups excluding carboxylic acids is 1. The topological polar surface area (TPSA) is 63.0 Å². The van der Waals surface area contributed by atoms with Crippen LogP contribution in [0, 0.1) is 11.3 Å². The standard InChI is InChI=1S/C10H7BrF2N2O2/c1-2-17-10(16)7-3-6(11)5(4-14)8(15-7)9(12)13/h3,9H,2H2,1H3. The highest BCUT2D eigenvalue weighted by molar-refractivity contribution is 9.10. The number of nitriles is 1. The van der Waals surface area contributed by atoms with Crippen LogP contribution in [-0.2, 0) is 4.74 Å². The van der Waals surface area contributed by atoms with Crippen LogP contribution in [0.1, 0.15) is 35.1 Å². The van der Waals surface area contributed by atoms with Crippen LogP contribution in [-0.4, -0.2) is 17.6 Å². The second kappa shape index (κ2) is 5.68. The van der Waals surface area contributed by atoms with Crippen molar-refractivity contribution in [1.82, 2.24) is 4.98 Å². The number of carbonyl (C=O) groups is 1. The molecule has 1 rings (SSSR count). The fraction of sp³-hybridized carbons (Fsp3) is 0.300. The molecule has 0 bridgehead atoms. The Morgan fingerprint density at radius 1 is 1.71 bits per heavy atom. The van der Waals surface area contributed by atoms with Gasteiger partial charge in [0.05, 0.1) is 12.2 Å². The maximum Gasteiger partial charge on any atom is 0.356 e. The van der Waals surface area contributed by atoms with E-state index in [1.807, 2.05) is 0 Å². The molecular formula is C10H7BrF2N2O2. The second-order valence-corrected chi connectivity index (χ2v) is 3.74. The minimum Gasteiger partial charge on any atom is -0.461 e. The number of ether oxygens (including phenoxy) is 1. The third-order valence-corrected chi connectivity index (χ3v) is 2.43. The molecule has 0 fully saturated rings. The number of rotatable bonds is 3. The van der Waals surface area contributed by atoms with Gasteiger partial charge in [-0.1, -0.05) is 0 Å². The predicted molar refractivity (Wildman–Crippen MR) is 57.6 cm³/mol. The first-order chi connectivity index (χ1) is 8.01.